The minimum atomic E-state index is -1.13. The lowest BCUT2D eigenvalue weighted by Crippen LogP contribution is -2.46. The molecule has 1 aromatic rings. The van der Waals surface area contributed by atoms with E-state index >= 15 is 0 Å². The Morgan fingerprint density at radius 2 is 2.00 bits per heavy atom. The van der Waals surface area contributed by atoms with Gasteiger partial charge in [-0.2, -0.15) is 0 Å². The summed E-state index contributed by atoms with van der Waals surface area (Å²) in [5.41, 5.74) is -0.837. The van der Waals surface area contributed by atoms with Crippen molar-refractivity contribution in [2.45, 2.75) is 51.4 Å². The van der Waals surface area contributed by atoms with Crippen molar-refractivity contribution in [1.29, 1.82) is 0 Å². The summed E-state index contributed by atoms with van der Waals surface area (Å²) in [5.74, 6) is -1.57. The maximum Gasteiger partial charge on any atom is 0.338 e. The molecule has 1 unspecified atom stereocenters. The lowest BCUT2D eigenvalue weighted by molar-refractivity contribution is -0.0693. The summed E-state index contributed by atoms with van der Waals surface area (Å²) in [6.07, 6.45) is 1.73. The van der Waals surface area contributed by atoms with Gasteiger partial charge in [0.2, 0.25) is 0 Å². The summed E-state index contributed by atoms with van der Waals surface area (Å²) < 4.78 is 10.9. The molecule has 0 aliphatic carbocycles. The molecule has 20 heavy (non-hydrogen) atoms. The standard InChI is InChI=1S/C14H19NO5/c1-13(2)6-10(14(3,4)20-13)15-11(16)9-5-8(7-19-9)12(17)18/h5,7,10H,6H2,1-4H3,(H,15,16)(H,17,18). The second kappa shape index (κ2) is 4.63. The maximum atomic E-state index is 12.1. The Balaban J connectivity index is 2.09. The van der Waals surface area contributed by atoms with Gasteiger partial charge in [-0.25, -0.2) is 4.79 Å². The Labute approximate surface area is 117 Å². The number of carbonyl (C=O) groups is 2. The highest BCUT2D eigenvalue weighted by atomic mass is 16.5. The molecule has 0 saturated carbocycles. The summed E-state index contributed by atoms with van der Waals surface area (Å²) in [5, 5.41) is 11.6. The summed E-state index contributed by atoms with van der Waals surface area (Å²) in [7, 11) is 0. The molecule has 2 rings (SSSR count). The van der Waals surface area contributed by atoms with Crippen LogP contribution in [-0.4, -0.2) is 34.2 Å². The Hall–Kier alpha value is -1.82. The van der Waals surface area contributed by atoms with Crippen LogP contribution in [0.3, 0.4) is 0 Å². The number of aromatic carboxylic acids is 1. The van der Waals surface area contributed by atoms with Crippen LogP contribution in [0.2, 0.25) is 0 Å². The molecule has 0 spiro atoms. The van der Waals surface area contributed by atoms with Crippen molar-refractivity contribution in [2.75, 3.05) is 0 Å². The van der Waals surface area contributed by atoms with Crippen molar-refractivity contribution in [3.8, 4) is 0 Å². The van der Waals surface area contributed by atoms with Crippen molar-refractivity contribution in [1.82, 2.24) is 5.32 Å². The topological polar surface area (TPSA) is 88.8 Å². The predicted molar refractivity (Wildman–Crippen MR) is 70.8 cm³/mol. The molecule has 6 nitrogen and oxygen atoms in total. The van der Waals surface area contributed by atoms with Gasteiger partial charge in [-0.15, -0.1) is 0 Å². The number of hydrogen-bond acceptors (Lipinski definition) is 4. The van der Waals surface area contributed by atoms with E-state index in [-0.39, 0.29) is 23.0 Å². The van der Waals surface area contributed by atoms with Crippen molar-refractivity contribution in [2.24, 2.45) is 0 Å². The zero-order valence-corrected chi connectivity index (χ0v) is 12.0. The molecule has 1 atom stereocenters. The molecule has 1 fully saturated rings. The summed E-state index contributed by atoms with van der Waals surface area (Å²) in [6, 6.07) is 1.05. The first kappa shape index (κ1) is 14.6. The van der Waals surface area contributed by atoms with Crippen LogP contribution in [0.4, 0.5) is 0 Å². The molecule has 1 aromatic heterocycles. The highest BCUT2D eigenvalue weighted by Gasteiger charge is 2.46. The van der Waals surface area contributed by atoms with E-state index < -0.39 is 17.5 Å². The SMILES string of the molecule is CC1(C)CC(NC(=O)c2cc(C(=O)O)co2)C(C)(C)O1. The second-order valence-electron chi connectivity index (χ2n) is 6.20. The first-order valence-corrected chi connectivity index (χ1v) is 6.44. The van der Waals surface area contributed by atoms with E-state index in [2.05, 4.69) is 5.32 Å². The number of carboxylic acids is 1. The predicted octanol–water partition coefficient (Wildman–Crippen LogP) is 2.05. The minimum absolute atomic E-state index is 0.0112. The van der Waals surface area contributed by atoms with Gasteiger partial charge in [0.05, 0.1) is 22.8 Å². The lowest BCUT2D eigenvalue weighted by Gasteiger charge is -2.27. The zero-order chi connectivity index (χ0) is 15.1. The van der Waals surface area contributed by atoms with Gasteiger partial charge in [0, 0.05) is 6.07 Å². The van der Waals surface area contributed by atoms with E-state index in [0.29, 0.717) is 6.42 Å². The van der Waals surface area contributed by atoms with Crippen LogP contribution in [0.5, 0.6) is 0 Å². The molecule has 110 valence electrons. The fourth-order valence-electron chi connectivity index (χ4n) is 2.58. The molecular formula is C14H19NO5. The number of furan rings is 1. The lowest BCUT2D eigenvalue weighted by atomic mass is 9.94. The van der Waals surface area contributed by atoms with Gasteiger partial charge in [0.1, 0.15) is 6.26 Å². The van der Waals surface area contributed by atoms with Gasteiger partial charge in [-0.1, -0.05) is 0 Å². The van der Waals surface area contributed by atoms with E-state index in [1.54, 1.807) is 0 Å². The van der Waals surface area contributed by atoms with E-state index in [1.165, 1.54) is 6.07 Å². The highest BCUT2D eigenvalue weighted by Crippen LogP contribution is 2.37. The number of carboxylic acid groups (broad SMARTS) is 1. The van der Waals surface area contributed by atoms with Crippen molar-refractivity contribution < 1.29 is 23.8 Å². The molecule has 0 bridgehead atoms. The van der Waals surface area contributed by atoms with Gasteiger partial charge in [0.15, 0.2) is 5.76 Å². The quantitative estimate of drug-likeness (QED) is 0.885. The van der Waals surface area contributed by atoms with E-state index in [4.69, 9.17) is 14.3 Å². The Bertz CT molecular complexity index is 544. The number of ether oxygens (including phenoxy) is 1. The largest absolute Gasteiger partial charge is 0.478 e. The van der Waals surface area contributed by atoms with Crippen LogP contribution in [0.15, 0.2) is 16.7 Å². The average Bonchev–Trinajstić information content (AvgIpc) is 2.81. The monoisotopic (exact) mass is 281 g/mol. The van der Waals surface area contributed by atoms with Gasteiger partial charge < -0.3 is 19.6 Å². The minimum Gasteiger partial charge on any atom is -0.478 e. The summed E-state index contributed by atoms with van der Waals surface area (Å²) in [4.78, 5) is 22.8. The van der Waals surface area contributed by atoms with Crippen LogP contribution in [0, 0.1) is 0 Å². The van der Waals surface area contributed by atoms with Gasteiger partial charge >= 0.3 is 5.97 Å². The highest BCUT2D eigenvalue weighted by molar-refractivity contribution is 5.95. The van der Waals surface area contributed by atoms with Crippen LogP contribution >= 0.6 is 0 Å². The van der Waals surface area contributed by atoms with E-state index in [9.17, 15) is 9.59 Å². The third-order valence-corrected chi connectivity index (χ3v) is 3.45. The Morgan fingerprint density at radius 1 is 1.35 bits per heavy atom. The normalized spacial score (nSPS) is 23.5. The number of amides is 1. The zero-order valence-electron chi connectivity index (χ0n) is 12.0. The van der Waals surface area contributed by atoms with Crippen molar-refractivity contribution >= 4 is 11.9 Å². The molecule has 1 saturated heterocycles. The van der Waals surface area contributed by atoms with E-state index in [1.807, 2.05) is 27.7 Å². The number of nitrogens with one attached hydrogen (secondary N) is 1. The van der Waals surface area contributed by atoms with Crippen molar-refractivity contribution in [3.63, 3.8) is 0 Å². The fraction of sp³-hybridized carbons (Fsp3) is 0.571. The fourth-order valence-corrected chi connectivity index (χ4v) is 2.58. The molecule has 2 N–H and O–H groups in total. The molecular weight excluding hydrogens is 262 g/mol. The Kier molecular flexibility index (Phi) is 3.37. The number of rotatable bonds is 3. The second-order valence-corrected chi connectivity index (χ2v) is 6.20. The van der Waals surface area contributed by atoms with Crippen LogP contribution in [-0.2, 0) is 4.74 Å². The molecule has 2 heterocycles. The molecule has 6 heteroatoms. The van der Waals surface area contributed by atoms with Crippen LogP contribution in [0.25, 0.3) is 0 Å². The number of carbonyl (C=O) groups excluding carboxylic acids is 1. The third kappa shape index (κ3) is 2.85. The van der Waals surface area contributed by atoms with Crippen LogP contribution < -0.4 is 5.32 Å². The summed E-state index contributed by atoms with van der Waals surface area (Å²) in [6.45, 7) is 7.77. The molecule has 0 radical (unpaired) electrons. The van der Waals surface area contributed by atoms with Gasteiger partial charge in [0.25, 0.3) is 5.91 Å². The molecule has 1 amide bonds. The van der Waals surface area contributed by atoms with E-state index in [0.717, 1.165) is 6.26 Å². The van der Waals surface area contributed by atoms with Crippen molar-refractivity contribution in [3.05, 3.63) is 23.7 Å². The van der Waals surface area contributed by atoms with Crippen LogP contribution in [0.1, 0.15) is 55.0 Å². The first-order chi connectivity index (χ1) is 9.11. The first-order valence-electron chi connectivity index (χ1n) is 6.44. The van der Waals surface area contributed by atoms with Gasteiger partial charge in [-0.3, -0.25) is 4.79 Å². The maximum absolute atomic E-state index is 12.1. The molecule has 0 aromatic carbocycles. The third-order valence-electron chi connectivity index (χ3n) is 3.45. The average molecular weight is 281 g/mol. The van der Waals surface area contributed by atoms with Gasteiger partial charge in [-0.05, 0) is 34.1 Å². The smallest absolute Gasteiger partial charge is 0.338 e. The molecule has 1 aliphatic rings. The number of hydrogen-bond donors (Lipinski definition) is 2. The molecule has 1 aliphatic heterocycles. The summed E-state index contributed by atoms with van der Waals surface area (Å²) >= 11 is 0. The Morgan fingerprint density at radius 3 is 2.45 bits per heavy atom.